The number of nitrogens with zero attached hydrogens (tertiary/aromatic N) is 2. The molecule has 7 nitrogen and oxygen atoms in total. The van der Waals surface area contributed by atoms with E-state index < -0.39 is 10.0 Å². The van der Waals surface area contributed by atoms with Crippen molar-refractivity contribution in [1.82, 2.24) is 14.9 Å². The normalized spacial score (nSPS) is 11.3. The highest BCUT2D eigenvalue weighted by Crippen LogP contribution is 2.28. The maximum atomic E-state index is 12.5. The molecule has 0 saturated heterocycles. The van der Waals surface area contributed by atoms with Crippen LogP contribution in [0.15, 0.2) is 63.1 Å². The molecular formula is C17H18N4O3S3. The number of thiophene rings is 1. The van der Waals surface area contributed by atoms with Crippen LogP contribution >= 0.6 is 23.1 Å². The number of benzene rings is 1. The molecule has 1 aromatic carbocycles. The molecule has 0 radical (unpaired) electrons. The number of imidazole rings is 1. The molecule has 2 heterocycles. The molecule has 0 unspecified atom stereocenters. The first-order chi connectivity index (χ1) is 12.8. The average Bonchev–Trinajstić information content (AvgIpc) is 3.25. The van der Waals surface area contributed by atoms with Gasteiger partial charge in [0.25, 0.3) is 10.0 Å². The standard InChI is InChI=1S/C17H18N4O3S3/c1-12(22)19-11-15-7-8-16(25-15)27(23,24)20-13-3-5-14(6-4-13)26-17-18-9-10-21(17)2/h3-10,20H,11H2,1-2H3,(H,19,22). The van der Waals surface area contributed by atoms with E-state index in [9.17, 15) is 13.2 Å². The number of amides is 1. The van der Waals surface area contributed by atoms with Crippen molar-refractivity contribution in [3.63, 3.8) is 0 Å². The predicted molar refractivity (Wildman–Crippen MR) is 106 cm³/mol. The molecule has 1 amide bonds. The lowest BCUT2D eigenvalue weighted by atomic mass is 10.3. The first kappa shape index (κ1) is 19.5. The first-order valence-corrected chi connectivity index (χ1v) is 11.1. The number of sulfonamides is 1. The summed E-state index contributed by atoms with van der Waals surface area (Å²) in [4.78, 5) is 16.9. The highest BCUT2D eigenvalue weighted by Gasteiger charge is 2.17. The summed E-state index contributed by atoms with van der Waals surface area (Å²) in [5.74, 6) is -0.158. The van der Waals surface area contributed by atoms with Crippen LogP contribution < -0.4 is 10.0 Å². The van der Waals surface area contributed by atoms with Crippen molar-refractivity contribution >= 4 is 44.7 Å². The van der Waals surface area contributed by atoms with E-state index >= 15 is 0 Å². The van der Waals surface area contributed by atoms with Crippen molar-refractivity contribution in [2.45, 2.75) is 27.7 Å². The third kappa shape index (κ3) is 5.12. The monoisotopic (exact) mass is 422 g/mol. The fraction of sp³-hybridized carbons (Fsp3) is 0.176. The molecule has 3 rings (SSSR count). The molecule has 10 heteroatoms. The van der Waals surface area contributed by atoms with Crippen molar-refractivity contribution in [2.24, 2.45) is 7.05 Å². The molecule has 0 bridgehead atoms. The van der Waals surface area contributed by atoms with E-state index in [-0.39, 0.29) is 10.1 Å². The summed E-state index contributed by atoms with van der Waals surface area (Å²) in [6, 6.07) is 10.3. The smallest absolute Gasteiger partial charge is 0.271 e. The second-order valence-corrected chi connectivity index (χ2v) is 9.80. The Balaban J connectivity index is 1.67. The lowest BCUT2D eigenvalue weighted by Crippen LogP contribution is -2.18. The van der Waals surface area contributed by atoms with Gasteiger partial charge in [0.2, 0.25) is 5.91 Å². The van der Waals surface area contributed by atoms with Crippen molar-refractivity contribution in [3.05, 3.63) is 53.7 Å². The highest BCUT2D eigenvalue weighted by atomic mass is 32.2. The minimum Gasteiger partial charge on any atom is -0.351 e. The van der Waals surface area contributed by atoms with E-state index in [4.69, 9.17) is 0 Å². The molecule has 0 saturated carbocycles. The molecule has 142 valence electrons. The molecule has 27 heavy (non-hydrogen) atoms. The van der Waals surface area contributed by atoms with Gasteiger partial charge in [0.1, 0.15) is 4.21 Å². The largest absolute Gasteiger partial charge is 0.351 e. The second-order valence-electron chi connectivity index (χ2n) is 5.68. The topological polar surface area (TPSA) is 93.1 Å². The lowest BCUT2D eigenvalue weighted by molar-refractivity contribution is -0.119. The molecule has 3 aromatic rings. The summed E-state index contributed by atoms with van der Waals surface area (Å²) in [6.45, 7) is 1.73. The van der Waals surface area contributed by atoms with E-state index in [1.807, 2.05) is 29.9 Å². The van der Waals surface area contributed by atoms with Crippen LogP contribution in [0.4, 0.5) is 5.69 Å². The van der Waals surface area contributed by atoms with Gasteiger partial charge in [0, 0.05) is 41.8 Å². The van der Waals surface area contributed by atoms with Crippen molar-refractivity contribution in [1.29, 1.82) is 0 Å². The number of rotatable bonds is 7. The summed E-state index contributed by atoms with van der Waals surface area (Å²) in [5.41, 5.74) is 0.482. The lowest BCUT2D eigenvalue weighted by Gasteiger charge is -2.07. The maximum Gasteiger partial charge on any atom is 0.271 e. The molecule has 0 aliphatic heterocycles. The molecule has 0 aliphatic rings. The number of nitrogens with one attached hydrogen (secondary N) is 2. The minimum atomic E-state index is -3.67. The van der Waals surface area contributed by atoms with Gasteiger partial charge in [0.05, 0.1) is 6.54 Å². The number of aromatic nitrogens is 2. The van der Waals surface area contributed by atoms with Crippen molar-refractivity contribution in [3.8, 4) is 0 Å². The highest BCUT2D eigenvalue weighted by molar-refractivity contribution is 7.99. The van der Waals surface area contributed by atoms with Gasteiger partial charge in [0.15, 0.2) is 5.16 Å². The Kier molecular flexibility index (Phi) is 5.88. The Bertz CT molecular complexity index is 1040. The van der Waals surface area contributed by atoms with Crippen molar-refractivity contribution < 1.29 is 13.2 Å². The van der Waals surface area contributed by atoms with Crippen LogP contribution in [0.5, 0.6) is 0 Å². The van der Waals surface area contributed by atoms with Gasteiger partial charge < -0.3 is 9.88 Å². The fourth-order valence-electron chi connectivity index (χ4n) is 2.16. The van der Waals surface area contributed by atoms with Gasteiger partial charge in [-0.05, 0) is 36.4 Å². The van der Waals surface area contributed by atoms with E-state index in [0.29, 0.717) is 12.2 Å². The van der Waals surface area contributed by atoms with Gasteiger partial charge in [-0.1, -0.05) is 11.8 Å². The molecule has 0 fully saturated rings. The Morgan fingerprint density at radius 2 is 1.96 bits per heavy atom. The van der Waals surface area contributed by atoms with E-state index in [2.05, 4.69) is 15.0 Å². The van der Waals surface area contributed by atoms with E-state index in [1.54, 1.807) is 24.4 Å². The SMILES string of the molecule is CC(=O)NCc1ccc(S(=O)(=O)Nc2ccc(Sc3nccn3C)cc2)s1. The van der Waals surface area contributed by atoms with Crippen LogP contribution in [0.2, 0.25) is 0 Å². The Labute approximate surface area is 165 Å². The quantitative estimate of drug-likeness (QED) is 0.610. The third-order valence-electron chi connectivity index (χ3n) is 3.51. The van der Waals surface area contributed by atoms with Gasteiger partial charge in [-0.2, -0.15) is 0 Å². The minimum absolute atomic E-state index is 0.158. The molecule has 2 N–H and O–H groups in total. The first-order valence-electron chi connectivity index (χ1n) is 7.95. The van der Waals surface area contributed by atoms with Crippen molar-refractivity contribution in [2.75, 3.05) is 4.72 Å². The van der Waals surface area contributed by atoms with Crippen LogP contribution in [0, 0.1) is 0 Å². The van der Waals surface area contributed by atoms with E-state index in [1.165, 1.54) is 24.8 Å². The zero-order chi connectivity index (χ0) is 19.4. The molecular weight excluding hydrogens is 404 g/mol. The number of carbonyl (C=O) groups is 1. The maximum absolute atomic E-state index is 12.5. The zero-order valence-corrected chi connectivity index (χ0v) is 17.1. The average molecular weight is 423 g/mol. The summed E-state index contributed by atoms with van der Waals surface area (Å²) < 4.78 is 29.8. The van der Waals surface area contributed by atoms with Crippen LogP contribution in [0.3, 0.4) is 0 Å². The van der Waals surface area contributed by atoms with Gasteiger partial charge in [-0.15, -0.1) is 11.3 Å². The van der Waals surface area contributed by atoms with Gasteiger partial charge >= 0.3 is 0 Å². The summed E-state index contributed by atoms with van der Waals surface area (Å²) in [7, 11) is -1.75. The van der Waals surface area contributed by atoms with Gasteiger partial charge in [-0.25, -0.2) is 13.4 Å². The van der Waals surface area contributed by atoms with Crippen LogP contribution in [-0.4, -0.2) is 23.9 Å². The van der Waals surface area contributed by atoms with Crippen LogP contribution in [0.25, 0.3) is 0 Å². The Hall–Kier alpha value is -2.30. The van der Waals surface area contributed by atoms with E-state index in [0.717, 1.165) is 26.3 Å². The zero-order valence-electron chi connectivity index (χ0n) is 14.7. The van der Waals surface area contributed by atoms with Crippen LogP contribution in [0.1, 0.15) is 11.8 Å². The Morgan fingerprint density at radius 1 is 1.22 bits per heavy atom. The summed E-state index contributed by atoms with van der Waals surface area (Å²) in [5, 5.41) is 3.51. The predicted octanol–water partition coefficient (Wildman–Crippen LogP) is 3.07. The number of carbonyl (C=O) groups excluding carboxylic acids is 1. The molecule has 0 spiro atoms. The summed E-state index contributed by atoms with van der Waals surface area (Å²) >= 11 is 2.63. The second kappa shape index (κ2) is 8.15. The molecule has 2 aromatic heterocycles. The number of aryl methyl sites for hydroxylation is 1. The fourth-order valence-corrected chi connectivity index (χ4v) is 5.32. The number of anilines is 1. The number of hydrogen-bond donors (Lipinski definition) is 2. The summed E-state index contributed by atoms with van der Waals surface area (Å²) in [6.07, 6.45) is 3.60. The number of hydrogen-bond acceptors (Lipinski definition) is 6. The Morgan fingerprint density at radius 3 is 2.59 bits per heavy atom. The third-order valence-corrected chi connectivity index (χ3v) is 7.55. The molecule has 0 atom stereocenters. The van der Waals surface area contributed by atoms with Gasteiger partial charge in [-0.3, -0.25) is 9.52 Å². The molecule has 0 aliphatic carbocycles. The van der Waals surface area contributed by atoms with Crippen LogP contribution in [-0.2, 0) is 28.4 Å².